The Morgan fingerprint density at radius 3 is 2.69 bits per heavy atom. The van der Waals surface area contributed by atoms with Crippen LogP contribution in [0.4, 0.5) is 0 Å². The van der Waals surface area contributed by atoms with Crippen LogP contribution in [0.15, 0.2) is 12.4 Å². The van der Waals surface area contributed by atoms with Crippen LogP contribution >= 0.6 is 22.6 Å². The van der Waals surface area contributed by atoms with Gasteiger partial charge in [0.15, 0.2) is 0 Å². The second kappa shape index (κ2) is 4.14. The Morgan fingerprint density at radius 1 is 1.54 bits per heavy atom. The van der Waals surface area contributed by atoms with E-state index >= 15 is 0 Å². The second-order valence-electron chi connectivity index (χ2n) is 3.91. The second-order valence-corrected chi connectivity index (χ2v) is 5.15. The highest BCUT2D eigenvalue weighted by molar-refractivity contribution is 14.1. The highest BCUT2D eigenvalue weighted by Gasteiger charge is 2.02. The summed E-state index contributed by atoms with van der Waals surface area (Å²) >= 11 is 2.24. The Morgan fingerprint density at radius 2 is 2.23 bits per heavy atom. The fourth-order valence-electron chi connectivity index (χ4n) is 0.811. The monoisotopic (exact) mass is 288 g/mol. The molecular formula is C10H13IN2. The quantitative estimate of drug-likeness (QED) is 0.573. The van der Waals surface area contributed by atoms with E-state index in [1.54, 1.807) is 0 Å². The molecule has 0 aliphatic heterocycles. The molecule has 0 unspecified atom stereocenters. The van der Waals surface area contributed by atoms with Gasteiger partial charge in [0.25, 0.3) is 0 Å². The van der Waals surface area contributed by atoms with Crippen LogP contribution in [-0.4, -0.2) is 9.78 Å². The summed E-state index contributed by atoms with van der Waals surface area (Å²) in [6.45, 7) is 6.99. The molecule has 0 aliphatic carbocycles. The average Bonchev–Trinajstić information content (AvgIpc) is 2.33. The predicted molar refractivity (Wildman–Crippen MR) is 62.2 cm³/mol. The minimum atomic E-state index is 0.0836. The van der Waals surface area contributed by atoms with Gasteiger partial charge in [0.2, 0.25) is 0 Å². The van der Waals surface area contributed by atoms with E-state index in [4.69, 9.17) is 0 Å². The summed E-state index contributed by atoms with van der Waals surface area (Å²) in [5, 5.41) is 4.14. The topological polar surface area (TPSA) is 17.8 Å². The minimum absolute atomic E-state index is 0.0836. The van der Waals surface area contributed by atoms with Crippen molar-refractivity contribution in [1.29, 1.82) is 0 Å². The van der Waals surface area contributed by atoms with Gasteiger partial charge in [-0.15, -0.1) is 0 Å². The number of aromatic nitrogens is 2. The third-order valence-electron chi connectivity index (χ3n) is 1.31. The first-order chi connectivity index (χ1) is 5.97. The van der Waals surface area contributed by atoms with Crippen LogP contribution in [0.25, 0.3) is 0 Å². The molecule has 0 fully saturated rings. The molecule has 0 aliphatic rings. The Bertz CT molecular complexity index is 336. The molecule has 1 rings (SSSR count). The molecule has 1 aromatic heterocycles. The van der Waals surface area contributed by atoms with Crippen molar-refractivity contribution in [3.63, 3.8) is 0 Å². The van der Waals surface area contributed by atoms with Crippen LogP contribution in [0.2, 0.25) is 0 Å². The van der Waals surface area contributed by atoms with E-state index < -0.39 is 0 Å². The van der Waals surface area contributed by atoms with Gasteiger partial charge in [0.1, 0.15) is 6.54 Å². The molecule has 1 heterocycles. The lowest BCUT2D eigenvalue weighted by Crippen LogP contribution is -2.01. The van der Waals surface area contributed by atoms with E-state index in [1.165, 1.54) is 0 Å². The van der Waals surface area contributed by atoms with Gasteiger partial charge in [-0.1, -0.05) is 11.8 Å². The number of halogens is 1. The zero-order valence-electron chi connectivity index (χ0n) is 8.13. The summed E-state index contributed by atoms with van der Waals surface area (Å²) in [7, 11) is 0. The number of hydrogen-bond donors (Lipinski definition) is 0. The van der Waals surface area contributed by atoms with Crippen molar-refractivity contribution in [3.05, 3.63) is 16.0 Å². The molecule has 0 atom stereocenters. The SMILES string of the molecule is CC(C)(C)C#CCn1cc(I)cn1. The summed E-state index contributed by atoms with van der Waals surface area (Å²) in [4.78, 5) is 0. The fraction of sp³-hybridized carbons (Fsp3) is 0.500. The Labute approximate surface area is 92.9 Å². The maximum atomic E-state index is 4.14. The predicted octanol–water partition coefficient (Wildman–Crippen LogP) is 2.54. The molecule has 0 amide bonds. The fourth-order valence-corrected chi connectivity index (χ4v) is 1.26. The number of nitrogens with zero attached hydrogens (tertiary/aromatic N) is 2. The van der Waals surface area contributed by atoms with E-state index in [0.717, 1.165) is 3.57 Å². The van der Waals surface area contributed by atoms with Gasteiger partial charge >= 0.3 is 0 Å². The molecule has 0 saturated heterocycles. The average molecular weight is 288 g/mol. The molecule has 13 heavy (non-hydrogen) atoms. The van der Waals surface area contributed by atoms with Crippen LogP contribution in [-0.2, 0) is 6.54 Å². The minimum Gasteiger partial charge on any atom is -0.260 e. The molecule has 0 N–H and O–H groups in total. The zero-order chi connectivity index (χ0) is 9.90. The van der Waals surface area contributed by atoms with Gasteiger partial charge in [-0.2, -0.15) is 5.10 Å². The maximum absolute atomic E-state index is 4.14. The van der Waals surface area contributed by atoms with E-state index in [0.29, 0.717) is 6.54 Å². The van der Waals surface area contributed by atoms with E-state index in [2.05, 4.69) is 60.3 Å². The highest BCUT2D eigenvalue weighted by atomic mass is 127. The summed E-state index contributed by atoms with van der Waals surface area (Å²) in [5.41, 5.74) is 0.0836. The van der Waals surface area contributed by atoms with Crippen molar-refractivity contribution in [1.82, 2.24) is 9.78 Å². The van der Waals surface area contributed by atoms with E-state index in [9.17, 15) is 0 Å². The zero-order valence-corrected chi connectivity index (χ0v) is 10.3. The van der Waals surface area contributed by atoms with Crippen LogP contribution < -0.4 is 0 Å². The van der Waals surface area contributed by atoms with Gasteiger partial charge in [0.05, 0.1) is 9.77 Å². The molecule has 0 bridgehead atoms. The molecule has 1 aromatic rings. The number of rotatable bonds is 1. The van der Waals surface area contributed by atoms with Crippen molar-refractivity contribution in [2.75, 3.05) is 0 Å². The molecular weight excluding hydrogens is 275 g/mol. The lowest BCUT2D eigenvalue weighted by atomic mass is 9.98. The summed E-state index contributed by atoms with van der Waals surface area (Å²) < 4.78 is 3.00. The summed E-state index contributed by atoms with van der Waals surface area (Å²) in [6, 6.07) is 0. The van der Waals surface area contributed by atoms with Crippen LogP contribution in [0.3, 0.4) is 0 Å². The van der Waals surface area contributed by atoms with Crippen molar-refractivity contribution in [3.8, 4) is 11.8 Å². The van der Waals surface area contributed by atoms with Crippen molar-refractivity contribution < 1.29 is 0 Å². The third kappa shape index (κ3) is 4.32. The summed E-state index contributed by atoms with van der Waals surface area (Å²) in [5.74, 6) is 6.27. The molecule has 70 valence electrons. The highest BCUT2D eigenvalue weighted by Crippen LogP contribution is 2.09. The Hall–Kier alpha value is -0.500. The largest absolute Gasteiger partial charge is 0.260 e. The lowest BCUT2D eigenvalue weighted by molar-refractivity contribution is 0.568. The van der Waals surface area contributed by atoms with Crippen LogP contribution in [0.5, 0.6) is 0 Å². The van der Waals surface area contributed by atoms with Crippen molar-refractivity contribution in [2.24, 2.45) is 5.41 Å². The Kier molecular flexibility index (Phi) is 3.37. The molecule has 3 heteroatoms. The van der Waals surface area contributed by atoms with Gasteiger partial charge in [-0.05, 0) is 43.4 Å². The van der Waals surface area contributed by atoms with Crippen molar-refractivity contribution >= 4 is 22.6 Å². The first-order valence-electron chi connectivity index (χ1n) is 4.15. The normalized spacial score (nSPS) is 10.8. The molecule has 0 radical (unpaired) electrons. The molecule has 0 aromatic carbocycles. The molecule has 0 saturated carbocycles. The smallest absolute Gasteiger partial charge is 0.102 e. The van der Waals surface area contributed by atoms with Gasteiger partial charge < -0.3 is 0 Å². The van der Waals surface area contributed by atoms with E-state index in [1.807, 2.05) is 17.1 Å². The molecule has 2 nitrogen and oxygen atoms in total. The van der Waals surface area contributed by atoms with Crippen LogP contribution in [0, 0.1) is 20.8 Å². The Balaban J connectivity index is 2.55. The first-order valence-corrected chi connectivity index (χ1v) is 5.23. The van der Waals surface area contributed by atoms with E-state index in [-0.39, 0.29) is 5.41 Å². The van der Waals surface area contributed by atoms with Crippen LogP contribution in [0.1, 0.15) is 20.8 Å². The number of hydrogen-bond acceptors (Lipinski definition) is 1. The summed E-state index contributed by atoms with van der Waals surface area (Å²) in [6.07, 6.45) is 3.82. The van der Waals surface area contributed by atoms with Gasteiger partial charge in [0, 0.05) is 11.6 Å². The molecule has 0 spiro atoms. The lowest BCUT2D eigenvalue weighted by Gasteiger charge is -2.06. The van der Waals surface area contributed by atoms with Crippen molar-refractivity contribution in [2.45, 2.75) is 27.3 Å². The standard InChI is InChI=1S/C10H13IN2/c1-10(2,3)5-4-6-13-8-9(11)7-12-13/h7-8H,6H2,1-3H3. The van der Waals surface area contributed by atoms with Gasteiger partial charge in [-0.25, -0.2) is 0 Å². The maximum Gasteiger partial charge on any atom is 0.102 e. The van der Waals surface area contributed by atoms with Gasteiger partial charge in [-0.3, -0.25) is 4.68 Å². The third-order valence-corrected chi connectivity index (χ3v) is 1.86. The first kappa shape index (κ1) is 10.6.